The number of furan rings is 1. The zero-order chi connectivity index (χ0) is 38.9. The Morgan fingerprint density at radius 2 is 0.864 bits per heavy atom. The second-order valence-electron chi connectivity index (χ2n) is 15.1. The topological polar surface area (TPSA) is 51.8 Å². The Hall–Kier alpha value is -7.95. The van der Waals surface area contributed by atoms with Gasteiger partial charge in [-0.25, -0.2) is 15.0 Å². The predicted octanol–water partition coefficient (Wildman–Crippen LogP) is 14.7. The molecule has 3 heterocycles. The van der Waals surface area contributed by atoms with Crippen molar-refractivity contribution >= 4 is 65.2 Å². The normalized spacial score (nSPS) is 11.7. The van der Waals surface area contributed by atoms with Crippen molar-refractivity contribution in [2.24, 2.45) is 0 Å². The fourth-order valence-electron chi connectivity index (χ4n) is 8.93. The maximum Gasteiger partial charge on any atom is 0.162 e. The maximum atomic E-state index is 6.83. The molecule has 0 amide bonds. The summed E-state index contributed by atoms with van der Waals surface area (Å²) in [6, 6.07) is 70.1. The molecule has 12 aromatic rings. The van der Waals surface area contributed by atoms with Gasteiger partial charge in [0.05, 0.1) is 16.9 Å². The van der Waals surface area contributed by atoms with E-state index in [1.54, 1.807) is 0 Å². The second kappa shape index (κ2) is 13.3. The molecule has 59 heavy (non-hydrogen) atoms. The number of pyridine rings is 1. The number of para-hydroxylation sites is 1. The van der Waals surface area contributed by atoms with Crippen molar-refractivity contribution in [2.45, 2.75) is 0 Å². The van der Waals surface area contributed by atoms with E-state index in [1.807, 2.05) is 42.5 Å². The van der Waals surface area contributed by atoms with Crippen molar-refractivity contribution in [2.75, 3.05) is 0 Å². The summed E-state index contributed by atoms with van der Waals surface area (Å²) in [5.74, 6) is 0.670. The number of benzene rings is 9. The Kier molecular flexibility index (Phi) is 7.50. The molecule has 0 fully saturated rings. The first-order valence-electron chi connectivity index (χ1n) is 19.9. The lowest BCUT2D eigenvalue weighted by atomic mass is 9.92. The zero-order valence-corrected chi connectivity index (χ0v) is 31.8. The number of aromatic nitrogens is 3. The molecule has 12 rings (SSSR count). The largest absolute Gasteiger partial charge is 0.454 e. The lowest BCUT2D eigenvalue weighted by molar-refractivity contribution is 0.669. The smallest absolute Gasteiger partial charge is 0.162 e. The van der Waals surface area contributed by atoms with Gasteiger partial charge < -0.3 is 4.42 Å². The fourth-order valence-corrected chi connectivity index (χ4v) is 8.93. The van der Waals surface area contributed by atoms with Gasteiger partial charge in [0.2, 0.25) is 0 Å². The van der Waals surface area contributed by atoms with E-state index in [4.69, 9.17) is 19.4 Å². The average molecular weight is 752 g/mol. The van der Waals surface area contributed by atoms with E-state index in [9.17, 15) is 0 Å². The summed E-state index contributed by atoms with van der Waals surface area (Å²) in [6.45, 7) is 0. The molecule has 0 atom stereocenters. The molecule has 0 radical (unpaired) electrons. The second-order valence-corrected chi connectivity index (χ2v) is 15.1. The van der Waals surface area contributed by atoms with E-state index >= 15 is 0 Å². The highest BCUT2D eigenvalue weighted by molar-refractivity contribution is 6.27. The highest BCUT2D eigenvalue weighted by Crippen LogP contribution is 2.44. The van der Waals surface area contributed by atoms with E-state index in [0.29, 0.717) is 5.82 Å². The molecule has 0 N–H and O–H groups in total. The van der Waals surface area contributed by atoms with Crippen LogP contribution in [-0.2, 0) is 0 Å². The third-order valence-electron chi connectivity index (χ3n) is 11.6. The lowest BCUT2D eigenvalue weighted by Gasteiger charge is -2.14. The summed E-state index contributed by atoms with van der Waals surface area (Å²) in [7, 11) is 0. The van der Waals surface area contributed by atoms with Crippen molar-refractivity contribution in [1.29, 1.82) is 0 Å². The third-order valence-corrected chi connectivity index (χ3v) is 11.6. The van der Waals surface area contributed by atoms with Gasteiger partial charge in [-0.2, -0.15) is 0 Å². The molecule has 0 saturated heterocycles. The minimum atomic E-state index is 0.670. The predicted molar refractivity (Wildman–Crippen MR) is 244 cm³/mol. The van der Waals surface area contributed by atoms with Crippen LogP contribution in [0.5, 0.6) is 0 Å². The van der Waals surface area contributed by atoms with Gasteiger partial charge in [0.1, 0.15) is 11.3 Å². The molecule has 0 bridgehead atoms. The van der Waals surface area contributed by atoms with Crippen LogP contribution in [0.2, 0.25) is 0 Å². The molecule has 4 heteroatoms. The zero-order valence-electron chi connectivity index (χ0n) is 31.8. The Bertz CT molecular complexity index is 3520. The first kappa shape index (κ1) is 33.2. The minimum Gasteiger partial charge on any atom is -0.454 e. The molecular weight excluding hydrogens is 719 g/mol. The van der Waals surface area contributed by atoms with Crippen LogP contribution in [0.15, 0.2) is 205 Å². The molecular formula is C55H33N3O. The van der Waals surface area contributed by atoms with E-state index in [2.05, 4.69) is 158 Å². The summed E-state index contributed by atoms with van der Waals surface area (Å²) in [5.41, 5.74) is 11.2. The number of hydrogen-bond acceptors (Lipinski definition) is 4. The van der Waals surface area contributed by atoms with Gasteiger partial charge in [-0.3, -0.25) is 0 Å². The standard InChI is InChI=1S/C55H33N3O/c1-3-15-34(16-4-1)48-33-49(35-17-5-2-6-18-35)58-55(57-48)38-20-13-19-36(31-38)39-26-14-27-47-51(39)52-45-25-11-12-28-50(45)59-54(52)53(56-47)37-29-30-44-42-23-8-7-21-40(42)41-22-9-10-24-43(41)46(44)32-37/h1-33H. The van der Waals surface area contributed by atoms with Gasteiger partial charge in [0.25, 0.3) is 0 Å². The summed E-state index contributed by atoms with van der Waals surface area (Å²) in [6.07, 6.45) is 0. The van der Waals surface area contributed by atoms with E-state index in [1.165, 1.54) is 32.3 Å². The monoisotopic (exact) mass is 751 g/mol. The van der Waals surface area contributed by atoms with Crippen LogP contribution in [0.25, 0.3) is 121 Å². The molecule has 0 unspecified atom stereocenters. The van der Waals surface area contributed by atoms with Gasteiger partial charge in [-0.1, -0.05) is 170 Å². The number of rotatable bonds is 5. The highest BCUT2D eigenvalue weighted by Gasteiger charge is 2.21. The fraction of sp³-hybridized carbons (Fsp3) is 0. The third kappa shape index (κ3) is 5.42. The van der Waals surface area contributed by atoms with Crippen LogP contribution in [0, 0.1) is 0 Å². The van der Waals surface area contributed by atoms with Crippen molar-refractivity contribution in [3.63, 3.8) is 0 Å². The molecule has 0 aliphatic carbocycles. The van der Waals surface area contributed by atoms with Gasteiger partial charge in [0.15, 0.2) is 11.4 Å². The SMILES string of the molecule is c1ccc(-c2cc(-c3ccccc3)nc(-c3cccc(-c4cccc5nc(-c6ccc7c8ccccc8c8ccccc8c7c6)c6oc7ccccc7c6c45)c3)n2)cc1. The summed E-state index contributed by atoms with van der Waals surface area (Å²) in [5, 5.41) is 10.6. The lowest BCUT2D eigenvalue weighted by Crippen LogP contribution is -1.96. The highest BCUT2D eigenvalue weighted by atomic mass is 16.3. The van der Waals surface area contributed by atoms with Gasteiger partial charge >= 0.3 is 0 Å². The average Bonchev–Trinajstić information content (AvgIpc) is 3.71. The van der Waals surface area contributed by atoms with Crippen LogP contribution in [0.1, 0.15) is 0 Å². The van der Waals surface area contributed by atoms with Gasteiger partial charge in [0, 0.05) is 38.4 Å². The molecule has 0 spiro atoms. The molecule has 4 nitrogen and oxygen atoms in total. The van der Waals surface area contributed by atoms with Crippen molar-refractivity contribution in [3.05, 3.63) is 200 Å². The molecule has 3 aromatic heterocycles. The van der Waals surface area contributed by atoms with Crippen LogP contribution in [0.4, 0.5) is 0 Å². The summed E-state index contributed by atoms with van der Waals surface area (Å²) >= 11 is 0. The van der Waals surface area contributed by atoms with Crippen molar-refractivity contribution < 1.29 is 4.42 Å². The number of fused-ring (bicyclic) bond motifs is 11. The van der Waals surface area contributed by atoms with E-state index in [0.717, 1.165) is 83.3 Å². The van der Waals surface area contributed by atoms with Crippen LogP contribution in [-0.4, -0.2) is 15.0 Å². The van der Waals surface area contributed by atoms with Crippen LogP contribution in [0.3, 0.4) is 0 Å². The van der Waals surface area contributed by atoms with Crippen molar-refractivity contribution in [1.82, 2.24) is 15.0 Å². The van der Waals surface area contributed by atoms with Crippen LogP contribution >= 0.6 is 0 Å². The first-order chi connectivity index (χ1) is 29.2. The first-order valence-corrected chi connectivity index (χ1v) is 19.9. The van der Waals surface area contributed by atoms with Gasteiger partial charge in [-0.15, -0.1) is 0 Å². The molecule has 0 saturated carbocycles. The minimum absolute atomic E-state index is 0.670. The Morgan fingerprint density at radius 3 is 1.54 bits per heavy atom. The van der Waals surface area contributed by atoms with E-state index in [-0.39, 0.29) is 0 Å². The summed E-state index contributed by atoms with van der Waals surface area (Å²) < 4.78 is 6.83. The molecule has 274 valence electrons. The molecule has 0 aliphatic rings. The number of hydrogen-bond donors (Lipinski definition) is 0. The van der Waals surface area contributed by atoms with Crippen molar-refractivity contribution in [3.8, 4) is 56.3 Å². The molecule has 0 aliphatic heterocycles. The Labute approximate surface area is 339 Å². The van der Waals surface area contributed by atoms with Gasteiger partial charge in [-0.05, 0) is 73.8 Å². The molecule has 9 aromatic carbocycles. The van der Waals surface area contributed by atoms with E-state index < -0.39 is 0 Å². The maximum absolute atomic E-state index is 6.83. The summed E-state index contributed by atoms with van der Waals surface area (Å²) in [4.78, 5) is 15.7. The van der Waals surface area contributed by atoms with Crippen LogP contribution < -0.4 is 0 Å². The Morgan fingerprint density at radius 1 is 0.322 bits per heavy atom. The number of nitrogens with zero attached hydrogens (tertiary/aromatic N) is 3. The Balaban J connectivity index is 1.07. The quantitative estimate of drug-likeness (QED) is 0.164.